The predicted molar refractivity (Wildman–Crippen MR) is 460 cm³/mol. The van der Waals surface area contributed by atoms with Gasteiger partial charge in [-0.05, 0) is 151 Å². The van der Waals surface area contributed by atoms with Crippen molar-refractivity contribution in [3.05, 3.63) is 359 Å². The van der Waals surface area contributed by atoms with E-state index in [2.05, 4.69) is 126 Å². The van der Waals surface area contributed by atoms with E-state index in [0.29, 0.717) is 93.8 Å². The van der Waals surface area contributed by atoms with Crippen molar-refractivity contribution in [3.8, 4) is 45.0 Å². The number of benzene rings is 8. The third-order valence-corrected chi connectivity index (χ3v) is 20.1. The Hall–Kier alpha value is -16.8. The van der Waals surface area contributed by atoms with Crippen LogP contribution in [0.5, 0.6) is 0 Å². The van der Waals surface area contributed by atoms with Crippen LogP contribution in [0.4, 0.5) is 17.6 Å². The molecule has 20 aromatic rings. The van der Waals surface area contributed by atoms with Crippen LogP contribution in [0, 0.1) is 23.3 Å². The number of carbonyl (C=O) groups is 4. The molecule has 20 rings (SSSR count). The number of halogens is 4. The van der Waals surface area contributed by atoms with E-state index >= 15 is 0 Å². The number of carboxylic acids is 1. The van der Waals surface area contributed by atoms with Crippen molar-refractivity contribution in [2.45, 2.75) is 25.7 Å². The van der Waals surface area contributed by atoms with Crippen LogP contribution >= 0.6 is 0 Å². The summed E-state index contributed by atoms with van der Waals surface area (Å²) in [4.78, 5) is 98.2. The lowest BCUT2D eigenvalue weighted by molar-refractivity contribution is 0.0690. The van der Waals surface area contributed by atoms with Gasteiger partial charge in [-0.1, -0.05) is 72.8 Å². The maximum Gasteiger partial charge on any atom is 0.338 e. The molecule has 0 saturated carbocycles. The van der Waals surface area contributed by atoms with Gasteiger partial charge in [0.1, 0.15) is 46.0 Å². The maximum absolute atomic E-state index is 14.4. The van der Waals surface area contributed by atoms with Crippen LogP contribution in [-0.2, 0) is 25.7 Å². The number of aromatic carboxylic acids is 1. The number of nitrogens with two attached hydrogens (primary N) is 1. The van der Waals surface area contributed by atoms with Gasteiger partial charge < -0.3 is 26.8 Å². The van der Waals surface area contributed by atoms with Gasteiger partial charge in [0.15, 0.2) is 0 Å². The third-order valence-electron chi connectivity index (χ3n) is 20.1. The number of pyridine rings is 4. The fourth-order valence-corrected chi connectivity index (χ4v) is 13.9. The molecule has 0 spiro atoms. The highest BCUT2D eigenvalue weighted by Gasteiger charge is 2.21. The molecule has 0 aliphatic rings. The topological polar surface area (TPSA) is 374 Å². The minimum absolute atomic E-state index is 0.0191. The lowest BCUT2D eigenvalue weighted by Gasteiger charge is -2.07. The zero-order chi connectivity index (χ0) is 86.8. The molecular formula is C92H70F4N24O5. The zero-order valence-electron chi connectivity index (χ0n) is 66.8. The first-order chi connectivity index (χ1) is 60.9. The summed E-state index contributed by atoms with van der Waals surface area (Å²) in [7, 11) is 5.88. The summed E-state index contributed by atoms with van der Waals surface area (Å²) in [5.74, 6) is -3.61. The Balaban J connectivity index is 0.000000122. The monoisotopic (exact) mass is 1670 g/mol. The van der Waals surface area contributed by atoms with Gasteiger partial charge in [0.2, 0.25) is 0 Å². The minimum Gasteiger partial charge on any atom is -0.478 e. The van der Waals surface area contributed by atoms with Gasteiger partial charge in [0, 0.05) is 115 Å². The highest BCUT2D eigenvalue weighted by molar-refractivity contribution is 5.96. The van der Waals surface area contributed by atoms with Crippen LogP contribution in [0.3, 0.4) is 0 Å². The van der Waals surface area contributed by atoms with Gasteiger partial charge in [-0.2, -0.15) is 20.4 Å². The first-order valence-electron chi connectivity index (χ1n) is 38.8. The summed E-state index contributed by atoms with van der Waals surface area (Å²) in [5.41, 5.74) is 19.4. The Labute approximate surface area is 706 Å². The number of hydrogen-bond donors (Lipinski definition) is 5. The molecule has 616 valence electrons. The Morgan fingerprint density at radius 1 is 0.304 bits per heavy atom. The second-order valence-corrected chi connectivity index (χ2v) is 28.1. The molecule has 3 amide bonds. The second kappa shape index (κ2) is 36.4. The van der Waals surface area contributed by atoms with Crippen molar-refractivity contribution in [2.75, 3.05) is 28.2 Å². The standard InChI is InChI=1S/3C23H17FN6O.C22H14FN5O2.CH5N/c3*1-25-22(31)18-6-5-16(11-19(18)24)21-13-28-23-27-12-17(30(23)29-21)10-14-4-7-20-15(9-14)3-2-8-26-20;23-18-10-15(4-5-17(18)21(29)30)20-12-26-22-25-11-16(28(22)27-20)9-13-3-6-19-14(8-13)2-1-7-24-19;1-2/h3*2-9,11-13H,10H2,1H3,(H,25,31);1-8,10-12H,9H2,(H,29,30);2H2,1H3. The van der Waals surface area contributed by atoms with Gasteiger partial charge >= 0.3 is 5.97 Å². The Kier molecular flexibility index (Phi) is 23.8. The normalized spacial score (nSPS) is 11.0. The molecular weight excluding hydrogens is 1600 g/mol. The Morgan fingerprint density at radius 3 is 0.760 bits per heavy atom. The summed E-state index contributed by atoms with van der Waals surface area (Å²) < 4.78 is 63.8. The number of imidazole rings is 4. The highest BCUT2D eigenvalue weighted by atomic mass is 19.1. The number of hydrogen-bond acceptors (Lipinski definition) is 21. The van der Waals surface area contributed by atoms with Crippen LogP contribution < -0.4 is 21.7 Å². The molecule has 0 fully saturated rings. The third kappa shape index (κ3) is 17.9. The van der Waals surface area contributed by atoms with E-state index < -0.39 is 47.0 Å². The fourth-order valence-electron chi connectivity index (χ4n) is 13.9. The molecule has 0 aliphatic carbocycles. The Morgan fingerprint density at radius 2 is 0.536 bits per heavy atom. The predicted octanol–water partition coefficient (Wildman–Crippen LogP) is 13.6. The van der Waals surface area contributed by atoms with Gasteiger partial charge in [0.05, 0.1) is 117 Å². The number of nitrogens with zero attached hydrogens (tertiary/aromatic N) is 20. The highest BCUT2D eigenvalue weighted by Crippen LogP contribution is 2.29. The van der Waals surface area contributed by atoms with Crippen molar-refractivity contribution in [3.63, 3.8) is 0 Å². The average Bonchev–Trinajstić information content (AvgIpc) is 1.71. The van der Waals surface area contributed by atoms with Crippen molar-refractivity contribution in [1.29, 1.82) is 0 Å². The van der Waals surface area contributed by atoms with Crippen molar-refractivity contribution < 1.29 is 41.8 Å². The van der Waals surface area contributed by atoms with Gasteiger partial charge in [-0.15, -0.1) is 0 Å². The number of carboxylic acid groups (broad SMARTS) is 1. The van der Waals surface area contributed by atoms with Crippen LogP contribution in [0.25, 0.3) is 112 Å². The summed E-state index contributed by atoms with van der Waals surface area (Å²) in [6, 6.07) is 57.0. The van der Waals surface area contributed by atoms with E-state index in [0.717, 1.165) is 94.7 Å². The first-order valence-corrected chi connectivity index (χ1v) is 38.8. The van der Waals surface area contributed by atoms with Gasteiger partial charge in [-0.25, -0.2) is 80.3 Å². The number of amides is 3. The number of carbonyl (C=O) groups excluding carboxylic acids is 3. The van der Waals surface area contributed by atoms with E-state index in [1.54, 1.807) is 104 Å². The second-order valence-electron chi connectivity index (χ2n) is 28.1. The zero-order valence-corrected chi connectivity index (χ0v) is 66.8. The maximum atomic E-state index is 14.4. The summed E-state index contributed by atoms with van der Waals surface area (Å²) in [6.45, 7) is 0. The lowest BCUT2D eigenvalue weighted by Crippen LogP contribution is -2.19. The van der Waals surface area contributed by atoms with E-state index in [-0.39, 0.29) is 22.3 Å². The van der Waals surface area contributed by atoms with Crippen molar-refractivity contribution in [2.24, 2.45) is 5.73 Å². The van der Waals surface area contributed by atoms with Crippen LogP contribution in [0.1, 0.15) is 86.5 Å². The van der Waals surface area contributed by atoms with Gasteiger partial charge in [-0.3, -0.25) is 34.3 Å². The summed E-state index contributed by atoms with van der Waals surface area (Å²) >= 11 is 0. The average molecular weight is 1670 g/mol. The first kappa shape index (κ1) is 81.9. The molecule has 6 N–H and O–H groups in total. The molecule has 0 saturated heterocycles. The fraction of sp³-hybridized carbons (Fsp3) is 0.0870. The van der Waals surface area contributed by atoms with Gasteiger partial charge in [0.25, 0.3) is 40.8 Å². The van der Waals surface area contributed by atoms with Crippen LogP contribution in [0.2, 0.25) is 0 Å². The molecule has 29 nitrogen and oxygen atoms in total. The number of rotatable bonds is 16. The summed E-state index contributed by atoms with van der Waals surface area (Å²) in [6.07, 6.45) is 22.5. The number of aromatic nitrogens is 20. The molecule has 0 unspecified atom stereocenters. The number of fused-ring (bicyclic) bond motifs is 8. The molecule has 0 aliphatic heterocycles. The van der Waals surface area contributed by atoms with Crippen LogP contribution in [-0.4, -0.2) is 155 Å². The minimum atomic E-state index is -1.32. The molecule has 0 atom stereocenters. The van der Waals surface area contributed by atoms with E-state index in [4.69, 9.17) is 5.11 Å². The molecule has 33 heteroatoms. The van der Waals surface area contributed by atoms with Crippen molar-refractivity contribution in [1.82, 2.24) is 114 Å². The molecule has 8 aromatic carbocycles. The molecule has 0 radical (unpaired) electrons. The SMILES string of the molecule is CN.CNC(=O)c1ccc(-c2cnc3ncc(Cc4ccc5ncccc5c4)n3n2)cc1F.CNC(=O)c1ccc(-c2cnc3ncc(Cc4ccc5ncccc5c4)n3n2)cc1F.CNC(=O)c1ccc(-c2cnc3ncc(Cc4ccc5ncccc5c4)n3n2)cc1F.O=C(O)c1ccc(-c2cnc3ncc(Cc4ccc5ncccc5c4)n3n2)cc1F. The van der Waals surface area contributed by atoms with E-state index in [1.807, 2.05) is 97.1 Å². The van der Waals surface area contributed by atoms with E-state index in [9.17, 15) is 36.7 Å². The number of nitrogens with one attached hydrogen (secondary N) is 3. The Bertz CT molecular complexity index is 7010. The smallest absolute Gasteiger partial charge is 0.338 e. The molecule has 0 bridgehead atoms. The molecule has 12 heterocycles. The summed E-state index contributed by atoms with van der Waals surface area (Å²) in [5, 5.41) is 38.9. The lowest BCUT2D eigenvalue weighted by atomic mass is 10.1. The molecule has 125 heavy (non-hydrogen) atoms. The largest absolute Gasteiger partial charge is 0.478 e. The quantitative estimate of drug-likeness (QED) is 0.0561. The van der Waals surface area contributed by atoms with Crippen LogP contribution in [0.15, 0.2) is 268 Å². The van der Waals surface area contributed by atoms with Crippen molar-refractivity contribution >= 4 is 90.4 Å². The molecule has 12 aromatic heterocycles. The van der Waals surface area contributed by atoms with E-state index in [1.165, 1.54) is 82.9 Å².